The molecule has 0 spiro atoms. The van der Waals surface area contributed by atoms with Crippen LogP contribution in [0.1, 0.15) is 43.5 Å². The number of ether oxygens (including phenoxy) is 2. The molecule has 0 N–H and O–H groups in total. The molecule has 0 amide bonds. The summed E-state index contributed by atoms with van der Waals surface area (Å²) in [6.45, 7) is 2.62. The van der Waals surface area contributed by atoms with Crippen molar-refractivity contribution in [2.75, 3.05) is 19.7 Å². The van der Waals surface area contributed by atoms with Crippen molar-refractivity contribution in [1.82, 2.24) is 15.0 Å². The van der Waals surface area contributed by atoms with Crippen LogP contribution in [0.25, 0.3) is 0 Å². The Balaban J connectivity index is 1.33. The summed E-state index contributed by atoms with van der Waals surface area (Å²) in [4.78, 5) is 6.97. The fourth-order valence-electron chi connectivity index (χ4n) is 3.74. The predicted molar refractivity (Wildman–Crippen MR) is 85.5 cm³/mol. The second-order valence-corrected chi connectivity index (χ2v) is 7.10. The fraction of sp³-hybridized carbons (Fsp3) is 0.556. The van der Waals surface area contributed by atoms with Gasteiger partial charge < -0.3 is 14.0 Å². The first-order valence-corrected chi connectivity index (χ1v) is 8.87. The molecule has 6 nitrogen and oxygen atoms in total. The number of aromatic nitrogens is 2. The summed E-state index contributed by atoms with van der Waals surface area (Å²) in [5, 5.41) is 4.11. The van der Waals surface area contributed by atoms with Crippen LogP contribution in [0.3, 0.4) is 0 Å². The number of fused-ring (bicyclic) bond motifs is 1. The lowest BCUT2D eigenvalue weighted by Crippen LogP contribution is -2.42. The van der Waals surface area contributed by atoms with Crippen LogP contribution in [-0.4, -0.2) is 40.8 Å². The van der Waals surface area contributed by atoms with E-state index >= 15 is 0 Å². The Bertz CT molecular complexity index is 776. The van der Waals surface area contributed by atoms with E-state index in [1.54, 1.807) is 18.2 Å². The van der Waals surface area contributed by atoms with Gasteiger partial charge in [-0.1, -0.05) is 17.3 Å². The molecule has 2 aliphatic heterocycles. The van der Waals surface area contributed by atoms with E-state index in [0.717, 1.165) is 25.9 Å². The summed E-state index contributed by atoms with van der Waals surface area (Å²) < 4.78 is 31.1. The highest BCUT2D eigenvalue weighted by Gasteiger charge is 2.53. The number of para-hydroxylation sites is 1. The molecule has 0 bridgehead atoms. The lowest BCUT2D eigenvalue weighted by atomic mass is 10.2. The molecule has 1 aromatic heterocycles. The van der Waals surface area contributed by atoms with Gasteiger partial charge in [-0.3, -0.25) is 4.90 Å². The minimum Gasteiger partial charge on any atom is -0.474 e. The SMILES string of the molecule is Fc1ccccc1OC1(c2nc([C@H]3CN4CCC[C@H]4CO3)no2)CC1. The standard InChI is InChI=1S/C18H20FN3O3/c19-13-5-1-2-6-14(13)24-18(7-8-18)17-20-16(21-25-17)15-10-22-9-3-4-12(22)11-23-15/h1-2,5-6,12,15H,3-4,7-11H2/t12-,15+/m0/s1. The van der Waals surface area contributed by atoms with Gasteiger partial charge in [-0.15, -0.1) is 0 Å². The van der Waals surface area contributed by atoms with Crippen molar-refractivity contribution >= 4 is 0 Å². The zero-order chi connectivity index (χ0) is 16.9. The predicted octanol–water partition coefficient (Wildman–Crippen LogP) is 2.81. The first-order chi connectivity index (χ1) is 12.2. The molecule has 2 aromatic rings. The molecule has 3 fully saturated rings. The summed E-state index contributed by atoms with van der Waals surface area (Å²) in [6, 6.07) is 6.91. The molecule has 3 heterocycles. The first-order valence-electron chi connectivity index (χ1n) is 8.87. The second-order valence-electron chi connectivity index (χ2n) is 7.10. The quantitative estimate of drug-likeness (QED) is 0.849. The van der Waals surface area contributed by atoms with Crippen LogP contribution in [0.5, 0.6) is 5.75 Å². The minimum atomic E-state index is -0.696. The van der Waals surface area contributed by atoms with Crippen LogP contribution in [0.15, 0.2) is 28.8 Å². The Kier molecular flexibility index (Phi) is 3.53. The van der Waals surface area contributed by atoms with Crippen molar-refractivity contribution in [2.45, 2.75) is 43.4 Å². The van der Waals surface area contributed by atoms with Crippen LogP contribution >= 0.6 is 0 Å². The second kappa shape index (κ2) is 5.78. The van der Waals surface area contributed by atoms with Gasteiger partial charge in [0.2, 0.25) is 5.82 Å². The van der Waals surface area contributed by atoms with Gasteiger partial charge in [0.1, 0.15) is 6.10 Å². The highest BCUT2D eigenvalue weighted by molar-refractivity contribution is 5.27. The third kappa shape index (κ3) is 2.71. The van der Waals surface area contributed by atoms with Gasteiger partial charge in [0.05, 0.1) is 6.61 Å². The molecule has 1 saturated carbocycles. The van der Waals surface area contributed by atoms with Gasteiger partial charge in [0.15, 0.2) is 17.2 Å². The molecular weight excluding hydrogens is 325 g/mol. The highest BCUT2D eigenvalue weighted by atomic mass is 19.1. The smallest absolute Gasteiger partial charge is 0.270 e. The normalized spacial score (nSPS) is 27.9. The third-order valence-electron chi connectivity index (χ3n) is 5.35. The molecule has 132 valence electrons. The molecule has 1 aliphatic carbocycles. The van der Waals surface area contributed by atoms with Gasteiger partial charge in [-0.25, -0.2) is 4.39 Å². The van der Waals surface area contributed by atoms with Crippen molar-refractivity contribution < 1.29 is 18.4 Å². The molecule has 1 aromatic carbocycles. The Hall–Kier alpha value is -1.99. The number of hydrogen-bond donors (Lipinski definition) is 0. The Labute approximate surface area is 144 Å². The maximum atomic E-state index is 13.9. The Morgan fingerprint density at radius 1 is 1.28 bits per heavy atom. The van der Waals surface area contributed by atoms with E-state index in [4.69, 9.17) is 14.0 Å². The molecule has 3 aliphatic rings. The van der Waals surface area contributed by atoms with E-state index in [2.05, 4.69) is 15.0 Å². The first kappa shape index (κ1) is 15.3. The number of rotatable bonds is 4. The van der Waals surface area contributed by atoms with Gasteiger partial charge in [0, 0.05) is 25.4 Å². The summed E-state index contributed by atoms with van der Waals surface area (Å²) in [7, 11) is 0. The molecule has 25 heavy (non-hydrogen) atoms. The summed E-state index contributed by atoms with van der Waals surface area (Å²) in [5.41, 5.74) is -0.696. The molecule has 0 unspecified atom stereocenters. The number of morpholine rings is 1. The van der Waals surface area contributed by atoms with Crippen molar-refractivity contribution in [2.24, 2.45) is 0 Å². The van der Waals surface area contributed by atoms with Gasteiger partial charge in [-0.05, 0) is 31.5 Å². The van der Waals surface area contributed by atoms with E-state index in [9.17, 15) is 4.39 Å². The van der Waals surface area contributed by atoms with Gasteiger partial charge in [0.25, 0.3) is 5.89 Å². The van der Waals surface area contributed by atoms with Gasteiger partial charge in [-0.2, -0.15) is 4.98 Å². The largest absolute Gasteiger partial charge is 0.474 e. The number of hydrogen-bond acceptors (Lipinski definition) is 6. The van der Waals surface area contributed by atoms with E-state index in [0.29, 0.717) is 24.4 Å². The summed E-state index contributed by atoms with van der Waals surface area (Å²) in [6.07, 6.45) is 3.73. The number of nitrogens with zero attached hydrogens (tertiary/aromatic N) is 3. The van der Waals surface area contributed by atoms with E-state index in [1.165, 1.54) is 18.9 Å². The van der Waals surface area contributed by atoms with Crippen LogP contribution in [0.2, 0.25) is 0 Å². The fourth-order valence-corrected chi connectivity index (χ4v) is 3.74. The zero-order valence-electron chi connectivity index (χ0n) is 13.9. The molecule has 7 heteroatoms. The highest BCUT2D eigenvalue weighted by Crippen LogP contribution is 2.49. The van der Waals surface area contributed by atoms with Crippen LogP contribution in [-0.2, 0) is 10.3 Å². The van der Waals surface area contributed by atoms with Crippen molar-refractivity contribution in [3.63, 3.8) is 0 Å². The molecule has 2 atom stereocenters. The van der Waals surface area contributed by atoms with E-state index < -0.39 is 5.60 Å². The van der Waals surface area contributed by atoms with E-state index in [1.807, 2.05) is 0 Å². The van der Waals surface area contributed by atoms with Crippen molar-refractivity contribution in [1.29, 1.82) is 0 Å². The van der Waals surface area contributed by atoms with Crippen molar-refractivity contribution in [3.8, 4) is 5.75 Å². The Morgan fingerprint density at radius 2 is 2.16 bits per heavy atom. The lowest BCUT2D eigenvalue weighted by molar-refractivity contribution is -0.0548. The zero-order valence-corrected chi connectivity index (χ0v) is 13.9. The average Bonchev–Trinajstić information content (AvgIpc) is 3.06. The van der Waals surface area contributed by atoms with Crippen LogP contribution in [0, 0.1) is 5.82 Å². The topological polar surface area (TPSA) is 60.6 Å². The molecule has 5 rings (SSSR count). The number of halogens is 1. The van der Waals surface area contributed by atoms with E-state index in [-0.39, 0.29) is 17.7 Å². The van der Waals surface area contributed by atoms with Gasteiger partial charge >= 0.3 is 0 Å². The average molecular weight is 345 g/mol. The maximum absolute atomic E-state index is 13.9. The Morgan fingerprint density at radius 3 is 3.00 bits per heavy atom. The minimum absolute atomic E-state index is 0.170. The monoisotopic (exact) mass is 345 g/mol. The number of benzene rings is 1. The van der Waals surface area contributed by atoms with Crippen LogP contribution < -0.4 is 4.74 Å². The van der Waals surface area contributed by atoms with Crippen LogP contribution in [0.4, 0.5) is 4.39 Å². The molecule has 0 radical (unpaired) electrons. The maximum Gasteiger partial charge on any atom is 0.270 e. The molecular formula is C18H20FN3O3. The summed E-state index contributed by atoms with van der Waals surface area (Å²) in [5.74, 6) is 0.805. The summed E-state index contributed by atoms with van der Waals surface area (Å²) >= 11 is 0. The molecule has 2 saturated heterocycles. The van der Waals surface area contributed by atoms with Crippen molar-refractivity contribution in [3.05, 3.63) is 41.8 Å². The lowest BCUT2D eigenvalue weighted by Gasteiger charge is -2.33. The third-order valence-corrected chi connectivity index (χ3v) is 5.35.